The van der Waals surface area contributed by atoms with E-state index in [2.05, 4.69) is 10.4 Å². The fourth-order valence-corrected chi connectivity index (χ4v) is 4.30. The van der Waals surface area contributed by atoms with E-state index >= 15 is 0 Å². The number of piperidine rings is 1. The van der Waals surface area contributed by atoms with E-state index in [0.29, 0.717) is 13.0 Å². The Labute approximate surface area is 171 Å². The summed E-state index contributed by atoms with van der Waals surface area (Å²) >= 11 is 0. The van der Waals surface area contributed by atoms with E-state index in [-0.39, 0.29) is 11.8 Å². The van der Waals surface area contributed by atoms with E-state index in [0.717, 1.165) is 60.4 Å². The monoisotopic (exact) mass is 392 g/mol. The second kappa shape index (κ2) is 8.23. The number of hydrogen-bond donors (Lipinski definition) is 1. The summed E-state index contributed by atoms with van der Waals surface area (Å²) in [4.78, 5) is 27.6. The van der Waals surface area contributed by atoms with Crippen molar-refractivity contribution < 1.29 is 9.59 Å². The van der Waals surface area contributed by atoms with Gasteiger partial charge in [-0.25, -0.2) is 4.68 Å². The summed E-state index contributed by atoms with van der Waals surface area (Å²) in [6.45, 7) is 4.65. The molecule has 1 aliphatic heterocycles. The van der Waals surface area contributed by atoms with Gasteiger partial charge in [-0.05, 0) is 82.7 Å². The third-order valence-electron chi connectivity index (χ3n) is 5.77. The Morgan fingerprint density at radius 2 is 1.90 bits per heavy atom. The SMILES string of the molecule is Cc1cc(C)n(-c2ccc(NC(=O)C3CCCCN3C(=O)C3=CCCC3)cc2)n1. The molecule has 0 bridgehead atoms. The molecule has 1 atom stereocenters. The van der Waals surface area contributed by atoms with Gasteiger partial charge in [-0.1, -0.05) is 6.08 Å². The highest BCUT2D eigenvalue weighted by Crippen LogP contribution is 2.26. The molecule has 0 radical (unpaired) electrons. The van der Waals surface area contributed by atoms with Crippen molar-refractivity contribution in [2.75, 3.05) is 11.9 Å². The second-order valence-electron chi connectivity index (χ2n) is 8.01. The zero-order chi connectivity index (χ0) is 20.4. The van der Waals surface area contributed by atoms with Crippen LogP contribution in [0.15, 0.2) is 42.0 Å². The van der Waals surface area contributed by atoms with Gasteiger partial charge in [-0.15, -0.1) is 0 Å². The molecule has 1 N–H and O–H groups in total. The third-order valence-corrected chi connectivity index (χ3v) is 5.77. The Kier molecular flexibility index (Phi) is 5.51. The first-order chi connectivity index (χ1) is 14.0. The van der Waals surface area contributed by atoms with E-state index in [1.807, 2.05) is 54.9 Å². The largest absolute Gasteiger partial charge is 0.327 e. The average molecular weight is 393 g/mol. The van der Waals surface area contributed by atoms with Crippen molar-refractivity contribution in [3.63, 3.8) is 0 Å². The van der Waals surface area contributed by atoms with Crippen LogP contribution in [0.2, 0.25) is 0 Å². The van der Waals surface area contributed by atoms with Crippen LogP contribution in [0.4, 0.5) is 5.69 Å². The molecule has 6 nitrogen and oxygen atoms in total. The van der Waals surface area contributed by atoms with Crippen molar-refractivity contribution in [3.05, 3.63) is 53.4 Å². The highest BCUT2D eigenvalue weighted by molar-refractivity contribution is 6.01. The number of carbonyl (C=O) groups excluding carboxylic acids is 2. The van der Waals surface area contributed by atoms with Crippen LogP contribution >= 0.6 is 0 Å². The lowest BCUT2D eigenvalue weighted by Gasteiger charge is -2.35. The van der Waals surface area contributed by atoms with Gasteiger partial charge in [0.15, 0.2) is 0 Å². The summed E-state index contributed by atoms with van der Waals surface area (Å²) in [5.41, 5.74) is 4.60. The van der Waals surface area contributed by atoms with Gasteiger partial charge in [0.05, 0.1) is 11.4 Å². The van der Waals surface area contributed by atoms with Crippen LogP contribution in [-0.4, -0.2) is 39.1 Å². The van der Waals surface area contributed by atoms with Crippen molar-refractivity contribution in [2.45, 2.75) is 58.4 Å². The van der Waals surface area contributed by atoms with Crippen LogP contribution < -0.4 is 5.32 Å². The molecular formula is C23H28N4O2. The molecule has 1 aliphatic carbocycles. The Hall–Kier alpha value is -2.89. The van der Waals surface area contributed by atoms with Gasteiger partial charge in [0.1, 0.15) is 6.04 Å². The molecule has 1 fully saturated rings. The maximum absolute atomic E-state index is 13.0. The summed E-state index contributed by atoms with van der Waals surface area (Å²) in [6.07, 6.45) is 7.51. The summed E-state index contributed by atoms with van der Waals surface area (Å²) < 4.78 is 1.89. The number of allylic oxidation sites excluding steroid dienone is 1. The first kappa shape index (κ1) is 19.4. The number of nitrogens with one attached hydrogen (secondary N) is 1. The Morgan fingerprint density at radius 1 is 1.10 bits per heavy atom. The predicted molar refractivity (Wildman–Crippen MR) is 113 cm³/mol. The normalized spacial score (nSPS) is 19.2. The maximum Gasteiger partial charge on any atom is 0.250 e. The lowest BCUT2D eigenvalue weighted by molar-refractivity contribution is -0.137. The van der Waals surface area contributed by atoms with E-state index < -0.39 is 6.04 Å². The van der Waals surface area contributed by atoms with Crippen LogP contribution in [0.1, 0.15) is 49.9 Å². The summed E-state index contributed by atoms with van der Waals surface area (Å²) in [7, 11) is 0. The molecule has 4 rings (SSSR count). The van der Waals surface area contributed by atoms with Gasteiger partial charge >= 0.3 is 0 Å². The molecule has 6 heteroatoms. The molecule has 2 aliphatic rings. The van der Waals surface area contributed by atoms with Crippen LogP contribution in [0, 0.1) is 13.8 Å². The van der Waals surface area contributed by atoms with Gasteiger partial charge in [0.25, 0.3) is 0 Å². The molecule has 1 saturated heterocycles. The third kappa shape index (κ3) is 4.11. The minimum Gasteiger partial charge on any atom is -0.327 e. The lowest BCUT2D eigenvalue weighted by atomic mass is 9.99. The van der Waals surface area contributed by atoms with Crippen molar-refractivity contribution in [3.8, 4) is 5.69 Å². The molecule has 1 unspecified atom stereocenters. The van der Waals surface area contributed by atoms with Crippen LogP contribution in [-0.2, 0) is 9.59 Å². The van der Waals surface area contributed by atoms with Crippen molar-refractivity contribution >= 4 is 17.5 Å². The van der Waals surface area contributed by atoms with E-state index in [1.165, 1.54) is 0 Å². The number of amides is 2. The smallest absolute Gasteiger partial charge is 0.250 e. The predicted octanol–water partition coefficient (Wildman–Crippen LogP) is 3.92. The number of aromatic nitrogens is 2. The minimum absolute atomic E-state index is 0.0437. The molecule has 2 heterocycles. The molecule has 1 aromatic heterocycles. The number of likely N-dealkylation sites (tertiary alicyclic amines) is 1. The topological polar surface area (TPSA) is 67.2 Å². The Bertz CT molecular complexity index is 942. The van der Waals surface area contributed by atoms with E-state index in [1.54, 1.807) is 4.90 Å². The van der Waals surface area contributed by atoms with Gasteiger partial charge in [-0.2, -0.15) is 5.10 Å². The summed E-state index contributed by atoms with van der Waals surface area (Å²) in [5.74, 6) is -0.0577. The molecule has 1 aromatic carbocycles. The van der Waals surface area contributed by atoms with Crippen molar-refractivity contribution in [2.24, 2.45) is 0 Å². The number of aryl methyl sites for hydroxylation is 2. The highest BCUT2D eigenvalue weighted by atomic mass is 16.2. The average Bonchev–Trinajstić information content (AvgIpc) is 3.37. The van der Waals surface area contributed by atoms with Crippen LogP contribution in [0.25, 0.3) is 5.69 Å². The number of carbonyl (C=O) groups is 2. The van der Waals surface area contributed by atoms with Gasteiger partial charge in [0, 0.05) is 23.5 Å². The zero-order valence-corrected chi connectivity index (χ0v) is 17.1. The summed E-state index contributed by atoms with van der Waals surface area (Å²) in [6, 6.07) is 9.30. The molecular weight excluding hydrogens is 364 g/mol. The molecule has 2 aromatic rings. The number of hydrogen-bond acceptors (Lipinski definition) is 3. The highest BCUT2D eigenvalue weighted by Gasteiger charge is 2.33. The maximum atomic E-state index is 13.0. The molecule has 152 valence electrons. The fraction of sp³-hybridized carbons (Fsp3) is 0.435. The second-order valence-corrected chi connectivity index (χ2v) is 8.01. The summed E-state index contributed by atoms with van der Waals surface area (Å²) in [5, 5.41) is 7.50. The van der Waals surface area contributed by atoms with Crippen molar-refractivity contribution in [1.29, 1.82) is 0 Å². The van der Waals surface area contributed by atoms with Crippen molar-refractivity contribution in [1.82, 2.24) is 14.7 Å². The first-order valence-electron chi connectivity index (χ1n) is 10.5. The van der Waals surface area contributed by atoms with E-state index in [4.69, 9.17) is 0 Å². The zero-order valence-electron chi connectivity index (χ0n) is 17.1. The number of benzene rings is 1. The van der Waals surface area contributed by atoms with Gasteiger partial charge in [-0.3, -0.25) is 9.59 Å². The molecule has 29 heavy (non-hydrogen) atoms. The Balaban J connectivity index is 1.46. The molecule has 2 amide bonds. The lowest BCUT2D eigenvalue weighted by Crippen LogP contribution is -2.50. The number of nitrogens with zero attached hydrogens (tertiary/aromatic N) is 3. The fourth-order valence-electron chi connectivity index (χ4n) is 4.30. The number of anilines is 1. The molecule has 0 spiro atoms. The van der Waals surface area contributed by atoms with E-state index in [9.17, 15) is 9.59 Å². The first-order valence-corrected chi connectivity index (χ1v) is 10.5. The standard InChI is InChI=1S/C23H28N4O2/c1-16-15-17(2)27(25-16)20-12-10-19(11-13-20)24-22(28)21-9-5-6-14-26(21)23(29)18-7-3-4-8-18/h7,10-13,15,21H,3-6,8-9,14H2,1-2H3,(H,24,28). The minimum atomic E-state index is -0.395. The van der Waals surface area contributed by atoms with Gasteiger partial charge < -0.3 is 10.2 Å². The quantitative estimate of drug-likeness (QED) is 0.858. The van der Waals surface area contributed by atoms with Crippen LogP contribution in [0.5, 0.6) is 0 Å². The molecule has 0 saturated carbocycles. The van der Waals surface area contributed by atoms with Gasteiger partial charge in [0.2, 0.25) is 11.8 Å². The Morgan fingerprint density at radius 3 is 2.55 bits per heavy atom. The number of rotatable bonds is 4. The van der Waals surface area contributed by atoms with Crippen LogP contribution in [0.3, 0.4) is 0 Å².